The summed E-state index contributed by atoms with van der Waals surface area (Å²) in [7, 11) is 0. The molecule has 1 saturated carbocycles. The Bertz CT molecular complexity index is 453. The van der Waals surface area contributed by atoms with E-state index in [1.165, 1.54) is 6.07 Å². The maximum atomic E-state index is 13.3. The van der Waals surface area contributed by atoms with E-state index >= 15 is 0 Å². The van der Waals surface area contributed by atoms with Crippen molar-refractivity contribution in [1.29, 1.82) is 0 Å². The summed E-state index contributed by atoms with van der Waals surface area (Å²) in [6.07, 6.45) is 3.48. The molecule has 3 nitrogen and oxygen atoms in total. The van der Waals surface area contributed by atoms with Gasteiger partial charge in [-0.05, 0) is 37.0 Å². The highest BCUT2D eigenvalue weighted by Crippen LogP contribution is 2.27. The molecule has 1 aliphatic carbocycles. The summed E-state index contributed by atoms with van der Waals surface area (Å²) >= 11 is 0. The molecule has 98 valence electrons. The number of carbonyl (C=O) groups is 1. The Labute approximate surface area is 107 Å². The van der Waals surface area contributed by atoms with Crippen LogP contribution in [-0.4, -0.2) is 11.4 Å². The van der Waals surface area contributed by atoms with Crippen LogP contribution in [0, 0.1) is 12.7 Å². The monoisotopic (exact) mass is 250 g/mol. The van der Waals surface area contributed by atoms with Crippen LogP contribution in [0.15, 0.2) is 18.2 Å². The number of rotatable bonds is 3. The van der Waals surface area contributed by atoms with E-state index in [4.69, 9.17) is 5.73 Å². The van der Waals surface area contributed by atoms with Gasteiger partial charge in [-0.1, -0.05) is 25.0 Å². The standard InChI is InChI=1S/C14H19FN2O/c1-10-4-5-11(8-12(10)15)9-17-13(18)14(16)6-2-3-7-14/h4-5,8H,2-3,6-7,9,16H2,1H3,(H,17,18). The molecule has 4 heteroatoms. The zero-order valence-corrected chi connectivity index (χ0v) is 10.6. The van der Waals surface area contributed by atoms with Gasteiger partial charge in [0.1, 0.15) is 5.82 Å². The Hall–Kier alpha value is -1.42. The van der Waals surface area contributed by atoms with Crippen LogP contribution in [0.2, 0.25) is 0 Å². The number of carbonyl (C=O) groups excluding carboxylic acids is 1. The maximum absolute atomic E-state index is 13.3. The average Bonchev–Trinajstić information content (AvgIpc) is 2.79. The molecule has 0 bridgehead atoms. The molecule has 0 aliphatic heterocycles. The second-order valence-corrected chi connectivity index (χ2v) is 5.13. The van der Waals surface area contributed by atoms with Crippen LogP contribution in [0.4, 0.5) is 4.39 Å². The van der Waals surface area contributed by atoms with Gasteiger partial charge >= 0.3 is 0 Å². The highest BCUT2D eigenvalue weighted by Gasteiger charge is 2.36. The van der Waals surface area contributed by atoms with Gasteiger partial charge in [0.25, 0.3) is 0 Å². The van der Waals surface area contributed by atoms with Crippen molar-refractivity contribution in [1.82, 2.24) is 5.32 Å². The van der Waals surface area contributed by atoms with Crippen LogP contribution in [0.3, 0.4) is 0 Å². The average molecular weight is 250 g/mol. The molecule has 0 unspecified atom stereocenters. The smallest absolute Gasteiger partial charge is 0.240 e. The maximum Gasteiger partial charge on any atom is 0.240 e. The third-order valence-corrected chi connectivity index (χ3v) is 3.64. The first-order chi connectivity index (χ1) is 8.51. The van der Waals surface area contributed by atoms with Gasteiger partial charge in [0, 0.05) is 6.54 Å². The topological polar surface area (TPSA) is 55.1 Å². The Kier molecular flexibility index (Phi) is 3.66. The molecule has 3 N–H and O–H groups in total. The summed E-state index contributed by atoms with van der Waals surface area (Å²) in [4.78, 5) is 12.0. The Morgan fingerprint density at radius 3 is 2.72 bits per heavy atom. The lowest BCUT2D eigenvalue weighted by Gasteiger charge is -2.22. The molecular weight excluding hydrogens is 231 g/mol. The van der Waals surface area contributed by atoms with E-state index < -0.39 is 5.54 Å². The first-order valence-corrected chi connectivity index (χ1v) is 6.33. The molecule has 0 saturated heterocycles. The third kappa shape index (κ3) is 2.70. The lowest BCUT2D eigenvalue weighted by atomic mass is 9.98. The second-order valence-electron chi connectivity index (χ2n) is 5.13. The first kappa shape index (κ1) is 13.0. The molecule has 0 heterocycles. The van der Waals surface area contributed by atoms with E-state index in [0.29, 0.717) is 12.1 Å². The minimum atomic E-state index is -0.719. The van der Waals surface area contributed by atoms with Gasteiger partial charge in [-0.2, -0.15) is 0 Å². The van der Waals surface area contributed by atoms with Gasteiger partial charge in [0.05, 0.1) is 5.54 Å². The minimum absolute atomic E-state index is 0.124. The summed E-state index contributed by atoms with van der Waals surface area (Å²) in [5.74, 6) is -0.369. The van der Waals surface area contributed by atoms with Crippen LogP contribution in [-0.2, 0) is 11.3 Å². The van der Waals surface area contributed by atoms with Gasteiger partial charge in [-0.25, -0.2) is 4.39 Å². The Morgan fingerprint density at radius 1 is 1.44 bits per heavy atom. The molecule has 1 aliphatic rings. The van der Waals surface area contributed by atoms with E-state index in [1.807, 2.05) is 6.07 Å². The number of hydrogen-bond acceptors (Lipinski definition) is 2. The van der Waals surface area contributed by atoms with Gasteiger partial charge in [-0.15, -0.1) is 0 Å². The molecule has 1 fully saturated rings. The van der Waals surface area contributed by atoms with E-state index in [-0.39, 0.29) is 11.7 Å². The van der Waals surface area contributed by atoms with Gasteiger partial charge in [-0.3, -0.25) is 4.79 Å². The molecule has 1 amide bonds. The van der Waals surface area contributed by atoms with Crippen LogP contribution < -0.4 is 11.1 Å². The van der Waals surface area contributed by atoms with Crippen molar-refractivity contribution in [2.24, 2.45) is 5.73 Å². The molecule has 0 atom stereocenters. The van der Waals surface area contributed by atoms with Gasteiger partial charge in [0.2, 0.25) is 5.91 Å². The molecule has 1 aromatic rings. The van der Waals surface area contributed by atoms with Gasteiger partial charge < -0.3 is 11.1 Å². The molecule has 1 aromatic carbocycles. The van der Waals surface area contributed by atoms with E-state index in [9.17, 15) is 9.18 Å². The van der Waals surface area contributed by atoms with Crippen molar-refractivity contribution in [3.8, 4) is 0 Å². The molecular formula is C14H19FN2O. The number of aryl methyl sites for hydroxylation is 1. The quantitative estimate of drug-likeness (QED) is 0.862. The van der Waals surface area contributed by atoms with Crippen molar-refractivity contribution < 1.29 is 9.18 Å². The van der Waals surface area contributed by atoms with Crippen molar-refractivity contribution in [3.63, 3.8) is 0 Å². The predicted molar refractivity (Wildman–Crippen MR) is 68.4 cm³/mol. The molecule has 2 rings (SSSR count). The fourth-order valence-corrected chi connectivity index (χ4v) is 2.34. The van der Waals surface area contributed by atoms with Gasteiger partial charge in [0.15, 0.2) is 0 Å². The minimum Gasteiger partial charge on any atom is -0.350 e. The zero-order chi connectivity index (χ0) is 13.2. The van der Waals surface area contributed by atoms with Crippen molar-refractivity contribution in [2.75, 3.05) is 0 Å². The van der Waals surface area contributed by atoms with Crippen LogP contribution in [0.1, 0.15) is 36.8 Å². The lowest BCUT2D eigenvalue weighted by molar-refractivity contribution is -0.126. The molecule has 0 spiro atoms. The normalized spacial score (nSPS) is 17.7. The third-order valence-electron chi connectivity index (χ3n) is 3.64. The van der Waals surface area contributed by atoms with E-state index in [0.717, 1.165) is 31.2 Å². The summed E-state index contributed by atoms with van der Waals surface area (Å²) in [6, 6.07) is 4.98. The SMILES string of the molecule is Cc1ccc(CNC(=O)C2(N)CCCC2)cc1F. The summed E-state index contributed by atoms with van der Waals surface area (Å²) in [5, 5.41) is 2.80. The highest BCUT2D eigenvalue weighted by molar-refractivity contribution is 5.86. The highest BCUT2D eigenvalue weighted by atomic mass is 19.1. The summed E-state index contributed by atoms with van der Waals surface area (Å²) in [6.45, 7) is 2.04. The Balaban J connectivity index is 1.95. The second kappa shape index (κ2) is 5.06. The molecule has 0 aromatic heterocycles. The van der Waals surface area contributed by atoms with Crippen LogP contribution in [0.25, 0.3) is 0 Å². The van der Waals surface area contributed by atoms with Crippen LogP contribution in [0.5, 0.6) is 0 Å². The van der Waals surface area contributed by atoms with E-state index in [2.05, 4.69) is 5.32 Å². The fraction of sp³-hybridized carbons (Fsp3) is 0.500. The first-order valence-electron chi connectivity index (χ1n) is 6.33. The number of nitrogens with one attached hydrogen (secondary N) is 1. The Morgan fingerprint density at radius 2 is 2.11 bits per heavy atom. The molecule has 0 radical (unpaired) electrons. The number of hydrogen-bond donors (Lipinski definition) is 2. The molecule has 18 heavy (non-hydrogen) atoms. The fourth-order valence-electron chi connectivity index (χ4n) is 2.34. The largest absolute Gasteiger partial charge is 0.350 e. The number of amides is 1. The summed E-state index contributed by atoms with van der Waals surface area (Å²) in [5.41, 5.74) is 6.68. The van der Waals surface area contributed by atoms with Crippen molar-refractivity contribution in [3.05, 3.63) is 35.1 Å². The zero-order valence-electron chi connectivity index (χ0n) is 10.6. The van der Waals surface area contributed by atoms with Crippen LogP contribution >= 0.6 is 0 Å². The predicted octanol–water partition coefficient (Wildman–Crippen LogP) is 2.02. The van der Waals surface area contributed by atoms with E-state index in [1.54, 1.807) is 13.0 Å². The van der Waals surface area contributed by atoms with Crippen molar-refractivity contribution >= 4 is 5.91 Å². The summed E-state index contributed by atoms with van der Waals surface area (Å²) < 4.78 is 13.3. The van der Waals surface area contributed by atoms with Crippen molar-refractivity contribution in [2.45, 2.75) is 44.7 Å². The number of halogens is 1. The number of benzene rings is 1. The number of nitrogens with two attached hydrogens (primary N) is 1. The lowest BCUT2D eigenvalue weighted by Crippen LogP contribution is -2.51.